The summed E-state index contributed by atoms with van der Waals surface area (Å²) < 4.78 is 7.48. The molecule has 2 heterocycles. The van der Waals surface area contributed by atoms with Gasteiger partial charge in [0, 0.05) is 30.9 Å². The first kappa shape index (κ1) is 17.5. The number of carbonyl (C=O) groups is 1. The largest absolute Gasteiger partial charge is 0.493 e. The van der Waals surface area contributed by atoms with Crippen LogP contribution in [0.5, 0.6) is 5.75 Å². The van der Waals surface area contributed by atoms with Crippen molar-refractivity contribution in [3.8, 4) is 5.75 Å². The van der Waals surface area contributed by atoms with Crippen molar-refractivity contribution in [1.82, 2.24) is 14.7 Å². The molecule has 1 aliphatic rings. The Morgan fingerprint density at radius 1 is 1.20 bits per heavy atom. The topological polar surface area (TPSA) is 67.6 Å². The number of nitrogens with zero attached hydrogens (tertiary/aromatic N) is 3. The second-order valence-electron chi connectivity index (χ2n) is 6.27. The van der Waals surface area contributed by atoms with Gasteiger partial charge in [-0.05, 0) is 31.0 Å². The fourth-order valence-electron chi connectivity index (χ4n) is 3.33. The number of aromatic nitrogens is 2. The second kappa shape index (κ2) is 8.67. The van der Waals surface area contributed by atoms with E-state index in [1.807, 2.05) is 46.0 Å². The number of amides is 1. The number of hydrogen-bond donors (Lipinski definition) is 1. The lowest BCUT2D eigenvalue weighted by molar-refractivity contribution is -0.132. The molecule has 1 aromatic heterocycles. The van der Waals surface area contributed by atoms with E-state index in [1.165, 1.54) is 0 Å². The number of piperidine rings is 1. The number of para-hydroxylation sites is 1. The molecule has 6 heteroatoms. The molecule has 2 aromatic rings. The SMILES string of the molecule is O=C(CCOc1ccccc1)N1CCC(c2ccnn2CCO)CC1. The van der Waals surface area contributed by atoms with Gasteiger partial charge in [-0.25, -0.2) is 0 Å². The Balaban J connectivity index is 1.43. The second-order valence-corrected chi connectivity index (χ2v) is 6.27. The zero-order valence-electron chi connectivity index (χ0n) is 14.4. The first-order valence-corrected chi connectivity index (χ1v) is 8.86. The van der Waals surface area contributed by atoms with E-state index in [2.05, 4.69) is 5.10 Å². The van der Waals surface area contributed by atoms with Crippen molar-refractivity contribution in [2.75, 3.05) is 26.3 Å². The maximum absolute atomic E-state index is 12.3. The Labute approximate surface area is 148 Å². The molecule has 0 unspecified atom stereocenters. The minimum absolute atomic E-state index is 0.0907. The summed E-state index contributed by atoms with van der Waals surface area (Å²) in [5.74, 6) is 1.35. The Kier molecular flexibility index (Phi) is 6.06. The fraction of sp³-hybridized carbons (Fsp3) is 0.474. The summed E-state index contributed by atoms with van der Waals surface area (Å²) in [6.45, 7) is 2.55. The summed E-state index contributed by atoms with van der Waals surface area (Å²) in [5, 5.41) is 13.4. The molecule has 1 amide bonds. The number of benzene rings is 1. The van der Waals surface area contributed by atoms with Gasteiger partial charge in [0.15, 0.2) is 0 Å². The molecule has 1 aliphatic heterocycles. The van der Waals surface area contributed by atoms with Crippen molar-refractivity contribution in [3.63, 3.8) is 0 Å². The van der Waals surface area contributed by atoms with Crippen molar-refractivity contribution in [1.29, 1.82) is 0 Å². The average Bonchev–Trinajstić information content (AvgIpc) is 3.11. The van der Waals surface area contributed by atoms with Gasteiger partial charge in [-0.15, -0.1) is 0 Å². The number of likely N-dealkylation sites (tertiary alicyclic amines) is 1. The summed E-state index contributed by atoms with van der Waals surface area (Å²) in [4.78, 5) is 14.3. The molecule has 6 nitrogen and oxygen atoms in total. The van der Waals surface area contributed by atoms with Crippen molar-refractivity contribution in [2.24, 2.45) is 0 Å². The Hall–Kier alpha value is -2.34. The van der Waals surface area contributed by atoms with Crippen LogP contribution in [0.3, 0.4) is 0 Å². The van der Waals surface area contributed by atoms with E-state index in [0.717, 1.165) is 37.4 Å². The number of aliphatic hydroxyl groups is 1. The molecule has 1 aromatic carbocycles. The van der Waals surface area contributed by atoms with Crippen LogP contribution in [0.4, 0.5) is 0 Å². The zero-order chi connectivity index (χ0) is 17.5. The molecule has 0 saturated carbocycles. The van der Waals surface area contributed by atoms with Crippen LogP contribution in [0.1, 0.15) is 30.9 Å². The van der Waals surface area contributed by atoms with E-state index < -0.39 is 0 Å². The van der Waals surface area contributed by atoms with Crippen LogP contribution in [-0.2, 0) is 11.3 Å². The highest BCUT2D eigenvalue weighted by atomic mass is 16.5. The minimum Gasteiger partial charge on any atom is -0.493 e. The normalized spacial score (nSPS) is 15.3. The Morgan fingerprint density at radius 3 is 2.68 bits per heavy atom. The van der Waals surface area contributed by atoms with Crippen LogP contribution >= 0.6 is 0 Å². The quantitative estimate of drug-likeness (QED) is 0.835. The number of rotatable bonds is 7. The molecule has 0 spiro atoms. The molecule has 1 N–H and O–H groups in total. The van der Waals surface area contributed by atoms with Gasteiger partial charge in [0.25, 0.3) is 0 Å². The molecule has 0 aliphatic carbocycles. The maximum atomic E-state index is 12.3. The highest BCUT2D eigenvalue weighted by Gasteiger charge is 2.25. The van der Waals surface area contributed by atoms with E-state index in [1.54, 1.807) is 6.20 Å². The van der Waals surface area contributed by atoms with Gasteiger partial charge in [0.1, 0.15) is 5.75 Å². The Morgan fingerprint density at radius 2 is 1.96 bits per heavy atom. The summed E-state index contributed by atoms with van der Waals surface area (Å²) in [6, 6.07) is 11.6. The molecule has 1 fully saturated rings. The first-order valence-electron chi connectivity index (χ1n) is 8.86. The van der Waals surface area contributed by atoms with Crippen LogP contribution in [0.2, 0.25) is 0 Å². The molecule has 0 atom stereocenters. The van der Waals surface area contributed by atoms with E-state index in [9.17, 15) is 4.79 Å². The molecule has 0 radical (unpaired) electrons. The van der Waals surface area contributed by atoms with Gasteiger partial charge in [0.2, 0.25) is 5.91 Å². The first-order chi connectivity index (χ1) is 12.3. The third-order valence-corrected chi connectivity index (χ3v) is 4.65. The maximum Gasteiger partial charge on any atom is 0.225 e. The number of carbonyl (C=O) groups excluding carboxylic acids is 1. The van der Waals surface area contributed by atoms with Crippen molar-refractivity contribution < 1.29 is 14.6 Å². The average molecular weight is 343 g/mol. The predicted octanol–water partition coefficient (Wildman–Crippen LogP) is 2.05. The molecular weight excluding hydrogens is 318 g/mol. The fourth-order valence-corrected chi connectivity index (χ4v) is 3.33. The minimum atomic E-state index is 0.0907. The molecule has 0 bridgehead atoms. The van der Waals surface area contributed by atoms with E-state index >= 15 is 0 Å². The number of aliphatic hydroxyl groups excluding tert-OH is 1. The molecular formula is C19H25N3O3. The smallest absolute Gasteiger partial charge is 0.225 e. The van der Waals surface area contributed by atoms with Crippen LogP contribution in [0.25, 0.3) is 0 Å². The van der Waals surface area contributed by atoms with Crippen LogP contribution < -0.4 is 4.74 Å². The van der Waals surface area contributed by atoms with Crippen molar-refractivity contribution in [3.05, 3.63) is 48.3 Å². The van der Waals surface area contributed by atoms with Gasteiger partial charge in [-0.2, -0.15) is 5.10 Å². The van der Waals surface area contributed by atoms with E-state index in [0.29, 0.717) is 25.5 Å². The lowest BCUT2D eigenvalue weighted by Gasteiger charge is -2.32. The van der Waals surface area contributed by atoms with Crippen LogP contribution in [0, 0.1) is 0 Å². The highest BCUT2D eigenvalue weighted by Crippen LogP contribution is 2.28. The summed E-state index contributed by atoms with van der Waals surface area (Å²) >= 11 is 0. The molecule has 134 valence electrons. The van der Waals surface area contributed by atoms with Gasteiger partial charge < -0.3 is 14.7 Å². The van der Waals surface area contributed by atoms with Gasteiger partial charge in [-0.3, -0.25) is 9.48 Å². The molecule has 1 saturated heterocycles. The summed E-state index contributed by atoms with van der Waals surface area (Å²) in [6.07, 6.45) is 4.05. The molecule has 3 rings (SSSR count). The van der Waals surface area contributed by atoms with E-state index in [4.69, 9.17) is 9.84 Å². The molecule has 25 heavy (non-hydrogen) atoms. The van der Waals surface area contributed by atoms with Gasteiger partial charge in [-0.1, -0.05) is 18.2 Å². The summed E-state index contributed by atoms with van der Waals surface area (Å²) in [5.41, 5.74) is 1.16. The van der Waals surface area contributed by atoms with Crippen molar-refractivity contribution >= 4 is 5.91 Å². The zero-order valence-corrected chi connectivity index (χ0v) is 14.4. The Bertz CT molecular complexity index is 664. The monoisotopic (exact) mass is 343 g/mol. The van der Waals surface area contributed by atoms with Crippen LogP contribution in [0.15, 0.2) is 42.6 Å². The number of hydrogen-bond acceptors (Lipinski definition) is 4. The lowest BCUT2D eigenvalue weighted by atomic mass is 9.93. The summed E-state index contributed by atoms with van der Waals surface area (Å²) in [7, 11) is 0. The third-order valence-electron chi connectivity index (χ3n) is 4.65. The van der Waals surface area contributed by atoms with Crippen LogP contribution in [-0.4, -0.2) is 52.0 Å². The van der Waals surface area contributed by atoms with Crippen molar-refractivity contribution in [2.45, 2.75) is 31.7 Å². The van der Waals surface area contributed by atoms with E-state index in [-0.39, 0.29) is 12.5 Å². The predicted molar refractivity (Wildman–Crippen MR) is 94.4 cm³/mol. The van der Waals surface area contributed by atoms with Gasteiger partial charge >= 0.3 is 0 Å². The standard InChI is InChI=1S/C19H25N3O3/c23-14-13-22-18(6-10-20-22)16-7-11-21(12-8-16)19(24)9-15-25-17-4-2-1-3-5-17/h1-6,10,16,23H,7-9,11-15H2. The number of ether oxygens (including phenoxy) is 1. The lowest BCUT2D eigenvalue weighted by Crippen LogP contribution is -2.38. The van der Waals surface area contributed by atoms with Gasteiger partial charge in [0.05, 0.1) is 26.2 Å². The third kappa shape index (κ3) is 4.60. The highest BCUT2D eigenvalue weighted by molar-refractivity contribution is 5.76.